The van der Waals surface area contributed by atoms with Gasteiger partial charge in [0.15, 0.2) is 0 Å². The molecule has 2 heterocycles. The van der Waals surface area contributed by atoms with Crippen molar-refractivity contribution in [2.75, 3.05) is 6.26 Å². The van der Waals surface area contributed by atoms with E-state index in [-0.39, 0.29) is 5.91 Å². The molecule has 1 aromatic rings. The van der Waals surface area contributed by atoms with Crippen molar-refractivity contribution in [3.63, 3.8) is 0 Å². The average molecular weight is 387 g/mol. The van der Waals surface area contributed by atoms with Gasteiger partial charge < -0.3 is 4.90 Å². The maximum absolute atomic E-state index is 12.7. The van der Waals surface area contributed by atoms with E-state index < -0.39 is 0 Å². The second-order valence-corrected chi connectivity index (χ2v) is 7.82. The summed E-state index contributed by atoms with van der Waals surface area (Å²) in [6, 6.07) is 8.91. The highest BCUT2D eigenvalue weighted by atomic mass is 127. The molecule has 2 fully saturated rings. The highest BCUT2D eigenvalue weighted by molar-refractivity contribution is 14.1. The summed E-state index contributed by atoms with van der Waals surface area (Å²) < 4.78 is 1.18. The molecule has 0 aliphatic carbocycles. The Balaban J connectivity index is 1.80. The van der Waals surface area contributed by atoms with E-state index >= 15 is 0 Å². The molecule has 4 heteroatoms. The summed E-state index contributed by atoms with van der Waals surface area (Å²) in [5, 5.41) is 0.748. The molecule has 1 amide bonds. The Morgan fingerprint density at radius 1 is 1.21 bits per heavy atom. The van der Waals surface area contributed by atoms with E-state index in [2.05, 4.69) is 33.7 Å². The zero-order valence-electron chi connectivity index (χ0n) is 11.0. The van der Waals surface area contributed by atoms with Crippen LogP contribution in [-0.2, 0) is 0 Å². The molecule has 2 nitrogen and oxygen atoms in total. The SMILES string of the molecule is CSC1CC2CCC(C1)N2C(=O)c1ccc(I)cc1. The lowest BCUT2D eigenvalue weighted by Crippen LogP contribution is -2.47. The lowest BCUT2D eigenvalue weighted by Gasteiger charge is -2.38. The molecule has 102 valence electrons. The molecular formula is C15H18INOS. The van der Waals surface area contributed by atoms with Gasteiger partial charge in [-0.3, -0.25) is 4.79 Å². The first-order chi connectivity index (χ1) is 9.19. The van der Waals surface area contributed by atoms with Gasteiger partial charge in [-0.2, -0.15) is 11.8 Å². The lowest BCUT2D eigenvalue weighted by molar-refractivity contribution is 0.0601. The number of hydrogen-bond acceptors (Lipinski definition) is 2. The minimum atomic E-state index is 0.239. The molecule has 2 unspecified atom stereocenters. The molecule has 19 heavy (non-hydrogen) atoms. The van der Waals surface area contributed by atoms with Crippen LogP contribution in [0.25, 0.3) is 0 Å². The van der Waals surface area contributed by atoms with Crippen LogP contribution in [0.5, 0.6) is 0 Å². The number of carbonyl (C=O) groups excluding carboxylic acids is 1. The zero-order chi connectivity index (χ0) is 13.4. The Kier molecular flexibility index (Phi) is 4.08. The van der Waals surface area contributed by atoms with E-state index in [1.165, 1.54) is 29.3 Å². The Morgan fingerprint density at radius 2 is 1.79 bits per heavy atom. The van der Waals surface area contributed by atoms with Gasteiger partial charge in [0.05, 0.1) is 0 Å². The first-order valence-electron chi connectivity index (χ1n) is 6.80. The molecule has 2 bridgehead atoms. The van der Waals surface area contributed by atoms with Crippen molar-refractivity contribution >= 4 is 40.3 Å². The van der Waals surface area contributed by atoms with Gasteiger partial charge in [-0.1, -0.05) is 0 Å². The third-order valence-electron chi connectivity index (χ3n) is 4.35. The van der Waals surface area contributed by atoms with Crippen molar-refractivity contribution in [1.82, 2.24) is 4.90 Å². The highest BCUT2D eigenvalue weighted by Gasteiger charge is 2.43. The minimum absolute atomic E-state index is 0.239. The van der Waals surface area contributed by atoms with Crippen LogP contribution in [-0.4, -0.2) is 34.4 Å². The standard InChI is InChI=1S/C15H18INOS/c1-19-14-8-12-6-7-13(9-14)17(12)15(18)10-2-4-11(16)5-3-10/h2-5,12-14H,6-9H2,1H3. The van der Waals surface area contributed by atoms with E-state index in [9.17, 15) is 4.79 Å². The maximum Gasteiger partial charge on any atom is 0.254 e. The first kappa shape index (κ1) is 13.7. The Bertz CT molecular complexity index is 462. The number of carbonyl (C=O) groups is 1. The van der Waals surface area contributed by atoms with Crippen LogP contribution in [0.2, 0.25) is 0 Å². The molecule has 2 atom stereocenters. The van der Waals surface area contributed by atoms with Gasteiger partial charge in [-0.25, -0.2) is 0 Å². The van der Waals surface area contributed by atoms with E-state index in [0.29, 0.717) is 12.1 Å². The predicted molar refractivity (Wildman–Crippen MR) is 88.7 cm³/mol. The van der Waals surface area contributed by atoms with E-state index in [4.69, 9.17) is 0 Å². The first-order valence-corrected chi connectivity index (χ1v) is 9.16. The van der Waals surface area contributed by atoms with Crippen molar-refractivity contribution < 1.29 is 4.79 Å². The summed E-state index contributed by atoms with van der Waals surface area (Å²) >= 11 is 4.24. The van der Waals surface area contributed by atoms with Crippen molar-refractivity contribution in [3.8, 4) is 0 Å². The number of benzene rings is 1. The number of halogens is 1. The van der Waals surface area contributed by atoms with Gasteiger partial charge in [0.2, 0.25) is 0 Å². The Hall–Kier alpha value is -0.230. The number of piperidine rings is 1. The number of rotatable bonds is 2. The van der Waals surface area contributed by atoms with Crippen LogP contribution < -0.4 is 0 Å². The molecule has 0 saturated carbocycles. The summed E-state index contributed by atoms with van der Waals surface area (Å²) in [4.78, 5) is 14.9. The third-order valence-corrected chi connectivity index (χ3v) is 6.12. The second-order valence-electron chi connectivity index (χ2n) is 5.43. The van der Waals surface area contributed by atoms with Gasteiger partial charge >= 0.3 is 0 Å². The van der Waals surface area contributed by atoms with Crippen LogP contribution >= 0.6 is 34.4 Å². The van der Waals surface area contributed by atoms with E-state index in [0.717, 1.165) is 10.8 Å². The fourth-order valence-electron chi connectivity index (χ4n) is 3.39. The molecular weight excluding hydrogens is 369 g/mol. The van der Waals surface area contributed by atoms with E-state index in [1.54, 1.807) is 0 Å². The molecule has 0 radical (unpaired) electrons. The van der Waals surface area contributed by atoms with E-state index in [1.807, 2.05) is 36.0 Å². The summed E-state index contributed by atoms with van der Waals surface area (Å²) in [6.07, 6.45) is 6.93. The molecule has 2 saturated heterocycles. The van der Waals surface area contributed by atoms with Gasteiger partial charge in [0.1, 0.15) is 0 Å². The fourth-order valence-corrected chi connectivity index (χ4v) is 4.58. The highest BCUT2D eigenvalue weighted by Crippen LogP contribution is 2.40. The number of fused-ring (bicyclic) bond motifs is 2. The second kappa shape index (κ2) is 5.64. The summed E-state index contributed by atoms with van der Waals surface area (Å²) in [5.74, 6) is 0.239. The van der Waals surface area contributed by atoms with Crippen LogP contribution in [0.3, 0.4) is 0 Å². The van der Waals surface area contributed by atoms with Crippen molar-refractivity contribution in [2.24, 2.45) is 0 Å². The van der Waals surface area contributed by atoms with Crippen molar-refractivity contribution in [3.05, 3.63) is 33.4 Å². The van der Waals surface area contributed by atoms with Gasteiger partial charge in [-0.05, 0) is 78.8 Å². The van der Waals surface area contributed by atoms with Crippen LogP contribution in [0, 0.1) is 3.57 Å². The van der Waals surface area contributed by atoms with Crippen LogP contribution in [0.15, 0.2) is 24.3 Å². The van der Waals surface area contributed by atoms with Crippen LogP contribution in [0.1, 0.15) is 36.0 Å². The number of nitrogens with zero attached hydrogens (tertiary/aromatic N) is 1. The topological polar surface area (TPSA) is 20.3 Å². The number of thioether (sulfide) groups is 1. The fraction of sp³-hybridized carbons (Fsp3) is 0.533. The largest absolute Gasteiger partial charge is 0.333 e. The summed E-state index contributed by atoms with van der Waals surface area (Å²) in [6.45, 7) is 0. The Morgan fingerprint density at radius 3 is 2.32 bits per heavy atom. The van der Waals surface area contributed by atoms with Crippen LogP contribution in [0.4, 0.5) is 0 Å². The third kappa shape index (κ3) is 2.66. The normalized spacial score (nSPS) is 29.6. The zero-order valence-corrected chi connectivity index (χ0v) is 14.0. The molecule has 0 aromatic heterocycles. The molecule has 1 aromatic carbocycles. The van der Waals surface area contributed by atoms with Crippen molar-refractivity contribution in [1.29, 1.82) is 0 Å². The summed E-state index contributed by atoms with van der Waals surface area (Å²) in [7, 11) is 0. The monoisotopic (exact) mass is 387 g/mol. The molecule has 0 spiro atoms. The van der Waals surface area contributed by atoms with Gasteiger partial charge in [-0.15, -0.1) is 0 Å². The quantitative estimate of drug-likeness (QED) is 0.720. The van der Waals surface area contributed by atoms with Gasteiger partial charge in [0.25, 0.3) is 5.91 Å². The smallest absolute Gasteiger partial charge is 0.254 e. The predicted octanol–water partition coefficient (Wildman–Crippen LogP) is 3.79. The number of hydrogen-bond donors (Lipinski definition) is 0. The molecule has 2 aliphatic heterocycles. The number of amides is 1. The molecule has 0 N–H and O–H groups in total. The minimum Gasteiger partial charge on any atom is -0.333 e. The maximum atomic E-state index is 12.7. The molecule has 3 rings (SSSR count). The summed E-state index contributed by atoms with van der Waals surface area (Å²) in [5.41, 5.74) is 0.847. The average Bonchev–Trinajstić information content (AvgIpc) is 2.69. The van der Waals surface area contributed by atoms with Crippen molar-refractivity contribution in [2.45, 2.75) is 43.0 Å². The van der Waals surface area contributed by atoms with Gasteiger partial charge in [0, 0.05) is 26.5 Å². The molecule has 2 aliphatic rings. The Labute approximate surface area is 132 Å². The lowest BCUT2D eigenvalue weighted by atomic mass is 10.0.